The molecular weight excluding hydrogens is 288 g/mol. The van der Waals surface area contributed by atoms with E-state index < -0.39 is 16.6 Å². The topological polar surface area (TPSA) is 9.23 Å². The van der Waals surface area contributed by atoms with Gasteiger partial charge in [-0.15, -0.1) is 0 Å². The van der Waals surface area contributed by atoms with Gasteiger partial charge in [0.25, 0.3) is 0 Å². The lowest BCUT2D eigenvalue weighted by molar-refractivity contribution is 0.530. The quantitative estimate of drug-likeness (QED) is 0.239. The summed E-state index contributed by atoms with van der Waals surface area (Å²) in [5.41, 5.74) is 0. The Bertz CT molecular complexity index is 234. The first-order chi connectivity index (χ1) is 9.77. The number of unbranched alkanes of at least 4 members (excludes halogenated alkanes) is 10. The largest absolute Gasteiger partial charge is 0.456 e. The maximum absolute atomic E-state index is 6.39. The van der Waals surface area contributed by atoms with Crippen molar-refractivity contribution in [2.45, 2.75) is 116 Å². The maximum atomic E-state index is 6.39. The number of hydrogen-bond donors (Lipinski definition) is 0. The lowest BCUT2D eigenvalue weighted by Crippen LogP contribution is -2.42. The summed E-state index contributed by atoms with van der Waals surface area (Å²) in [4.78, 5) is 0. The van der Waals surface area contributed by atoms with E-state index in [1.165, 1.54) is 76.7 Å². The molecule has 21 heavy (non-hydrogen) atoms. The Kier molecular flexibility index (Phi) is 12.1. The molecule has 0 heterocycles. The highest BCUT2D eigenvalue weighted by molar-refractivity contribution is 6.84. The molecule has 128 valence electrons. The van der Waals surface area contributed by atoms with Crippen LogP contribution in [0.5, 0.6) is 0 Å². The summed E-state index contributed by atoms with van der Waals surface area (Å²) in [6, 6.07) is 1.36. The van der Waals surface area contributed by atoms with Gasteiger partial charge in [-0.1, -0.05) is 77.6 Å². The molecule has 0 rings (SSSR count). The van der Waals surface area contributed by atoms with Crippen molar-refractivity contribution in [2.24, 2.45) is 0 Å². The van der Waals surface area contributed by atoms with E-state index in [9.17, 15) is 0 Å². The molecule has 0 aromatic rings. The molecule has 0 aromatic heterocycles. The highest BCUT2D eigenvalue weighted by atomic mass is 28.4. The summed E-state index contributed by atoms with van der Waals surface area (Å²) >= 11 is 0. The van der Waals surface area contributed by atoms with Crippen LogP contribution in [0.15, 0.2) is 0 Å². The predicted octanol–water partition coefficient (Wildman–Crippen LogP) is 7.35. The van der Waals surface area contributed by atoms with Crippen LogP contribution in [-0.4, -0.2) is 16.6 Å². The Morgan fingerprint density at radius 2 is 0.952 bits per heavy atom. The third-order valence-electron chi connectivity index (χ3n) is 3.96. The van der Waals surface area contributed by atoms with Crippen molar-refractivity contribution in [3.05, 3.63) is 0 Å². The summed E-state index contributed by atoms with van der Waals surface area (Å²) in [7, 11) is -2.70. The second kappa shape index (κ2) is 11.9. The lowest BCUT2D eigenvalue weighted by Gasteiger charge is -2.31. The first-order valence-corrected chi connectivity index (χ1v) is 16.0. The van der Waals surface area contributed by atoms with Crippen LogP contribution in [0.25, 0.3) is 0 Å². The van der Waals surface area contributed by atoms with Crippen molar-refractivity contribution in [2.75, 3.05) is 0 Å². The standard InChI is InChI=1S/C18H42OSi2/c1-7-8-9-10-11-12-13-14-15-16-17-18-21(5,6)19-20(2,3)4/h7-18H2,1-6H3. The minimum Gasteiger partial charge on any atom is -0.456 e. The van der Waals surface area contributed by atoms with E-state index in [-0.39, 0.29) is 0 Å². The molecule has 0 aliphatic carbocycles. The van der Waals surface area contributed by atoms with Crippen LogP contribution in [-0.2, 0) is 4.12 Å². The first-order valence-electron chi connectivity index (χ1n) is 9.47. The summed E-state index contributed by atoms with van der Waals surface area (Å²) < 4.78 is 6.39. The average Bonchev–Trinajstić information content (AvgIpc) is 2.33. The zero-order chi connectivity index (χ0) is 16.2. The molecule has 0 spiro atoms. The number of rotatable bonds is 14. The van der Waals surface area contributed by atoms with E-state index in [2.05, 4.69) is 39.7 Å². The van der Waals surface area contributed by atoms with Crippen molar-refractivity contribution in [3.8, 4) is 0 Å². The molecule has 0 atom stereocenters. The minimum absolute atomic E-state index is 1.33. The van der Waals surface area contributed by atoms with Gasteiger partial charge in [0.1, 0.15) is 0 Å². The van der Waals surface area contributed by atoms with Crippen molar-refractivity contribution in [1.82, 2.24) is 0 Å². The van der Waals surface area contributed by atoms with Gasteiger partial charge in [0, 0.05) is 0 Å². The predicted molar refractivity (Wildman–Crippen MR) is 103 cm³/mol. The van der Waals surface area contributed by atoms with Crippen LogP contribution < -0.4 is 0 Å². The summed E-state index contributed by atoms with van der Waals surface area (Å²) in [5.74, 6) is 0. The molecule has 0 amide bonds. The summed E-state index contributed by atoms with van der Waals surface area (Å²) in [5, 5.41) is 0. The highest BCUT2D eigenvalue weighted by Gasteiger charge is 2.28. The zero-order valence-corrected chi connectivity index (χ0v) is 17.9. The van der Waals surface area contributed by atoms with Crippen LogP contribution in [0.4, 0.5) is 0 Å². The van der Waals surface area contributed by atoms with Gasteiger partial charge >= 0.3 is 0 Å². The normalized spacial score (nSPS) is 12.9. The summed E-state index contributed by atoms with van der Waals surface area (Å²) in [6.07, 6.45) is 15.8. The van der Waals surface area contributed by atoms with Crippen molar-refractivity contribution < 1.29 is 4.12 Å². The van der Waals surface area contributed by atoms with Gasteiger partial charge in [0.15, 0.2) is 16.6 Å². The highest BCUT2D eigenvalue weighted by Crippen LogP contribution is 2.21. The molecule has 0 radical (unpaired) electrons. The van der Waals surface area contributed by atoms with Crippen LogP contribution in [0.3, 0.4) is 0 Å². The Balaban J connectivity index is 3.36. The zero-order valence-electron chi connectivity index (χ0n) is 15.9. The smallest absolute Gasteiger partial charge is 0.173 e. The van der Waals surface area contributed by atoms with Gasteiger partial charge in [0.05, 0.1) is 0 Å². The maximum Gasteiger partial charge on any atom is 0.173 e. The minimum atomic E-state index is -1.37. The molecule has 0 saturated heterocycles. The van der Waals surface area contributed by atoms with E-state index in [4.69, 9.17) is 4.12 Å². The molecule has 1 nitrogen and oxygen atoms in total. The Hall–Kier alpha value is 0.394. The lowest BCUT2D eigenvalue weighted by atomic mass is 10.1. The Morgan fingerprint density at radius 3 is 1.33 bits per heavy atom. The third kappa shape index (κ3) is 16.6. The van der Waals surface area contributed by atoms with Gasteiger partial charge in [-0.2, -0.15) is 0 Å². The van der Waals surface area contributed by atoms with Crippen LogP contribution >= 0.6 is 0 Å². The molecule has 0 N–H and O–H groups in total. The molecule has 0 aliphatic rings. The Labute approximate surface area is 137 Å². The molecule has 0 bridgehead atoms. The molecule has 0 fully saturated rings. The fraction of sp³-hybridized carbons (Fsp3) is 1.00. The fourth-order valence-electron chi connectivity index (χ4n) is 3.09. The molecule has 0 aromatic carbocycles. The molecule has 0 aliphatic heterocycles. The van der Waals surface area contributed by atoms with Crippen LogP contribution in [0.1, 0.15) is 77.6 Å². The first kappa shape index (κ1) is 21.4. The molecule has 0 saturated carbocycles. The van der Waals surface area contributed by atoms with Crippen molar-refractivity contribution in [3.63, 3.8) is 0 Å². The SMILES string of the molecule is CCCCCCCCCCCCC[Si](C)(C)O[Si](C)(C)C. The van der Waals surface area contributed by atoms with Gasteiger partial charge in [0.2, 0.25) is 0 Å². The van der Waals surface area contributed by atoms with Gasteiger partial charge in [-0.3, -0.25) is 0 Å². The van der Waals surface area contributed by atoms with E-state index in [1.54, 1.807) is 0 Å². The Morgan fingerprint density at radius 1 is 0.571 bits per heavy atom. The van der Waals surface area contributed by atoms with E-state index in [1.807, 2.05) is 0 Å². The average molecular weight is 331 g/mol. The summed E-state index contributed by atoms with van der Waals surface area (Å²) in [6.45, 7) is 14.1. The molecular formula is C18H42OSi2. The van der Waals surface area contributed by atoms with Gasteiger partial charge in [-0.25, -0.2) is 0 Å². The van der Waals surface area contributed by atoms with Crippen molar-refractivity contribution in [1.29, 1.82) is 0 Å². The van der Waals surface area contributed by atoms with Crippen LogP contribution in [0.2, 0.25) is 38.8 Å². The van der Waals surface area contributed by atoms with Gasteiger partial charge < -0.3 is 4.12 Å². The van der Waals surface area contributed by atoms with E-state index in [0.29, 0.717) is 0 Å². The molecule has 0 unspecified atom stereocenters. The molecule has 3 heteroatoms. The monoisotopic (exact) mass is 330 g/mol. The van der Waals surface area contributed by atoms with Gasteiger partial charge in [-0.05, 0) is 38.8 Å². The van der Waals surface area contributed by atoms with E-state index >= 15 is 0 Å². The second-order valence-corrected chi connectivity index (χ2v) is 17.3. The van der Waals surface area contributed by atoms with Crippen molar-refractivity contribution >= 4 is 16.6 Å². The number of hydrogen-bond acceptors (Lipinski definition) is 1. The van der Waals surface area contributed by atoms with E-state index in [0.717, 1.165) is 0 Å². The van der Waals surface area contributed by atoms with Crippen LogP contribution in [0, 0.1) is 0 Å². The fourth-order valence-corrected chi connectivity index (χ4v) is 11.2. The second-order valence-electron chi connectivity index (χ2n) is 8.26. The third-order valence-corrected chi connectivity index (χ3v) is 10.2.